The smallest absolute Gasteiger partial charge is 0.407 e. The van der Waals surface area contributed by atoms with Gasteiger partial charge in [-0.25, -0.2) is 4.79 Å². The normalized spacial score (nSPS) is 30.4. The van der Waals surface area contributed by atoms with Crippen molar-refractivity contribution >= 4 is 33.4 Å². The van der Waals surface area contributed by atoms with Crippen molar-refractivity contribution in [2.45, 2.75) is 37.8 Å². The number of amides is 1. The number of rotatable bonds is 0. The molecule has 1 aromatic rings. The summed E-state index contributed by atoms with van der Waals surface area (Å²) < 4.78 is 7.25. The number of fused-ring (bicyclic) bond motifs is 2. The first kappa shape index (κ1) is 13.4. The number of hydrogen-bond acceptors (Lipinski definition) is 3. The zero-order valence-electron chi connectivity index (χ0n) is 10.7. The van der Waals surface area contributed by atoms with E-state index in [2.05, 4.69) is 22.0 Å². The average Bonchev–Trinajstić information content (AvgIpc) is 2.71. The summed E-state index contributed by atoms with van der Waals surface area (Å²) in [7, 11) is 0. The molecule has 19 heavy (non-hydrogen) atoms. The fourth-order valence-corrected chi connectivity index (χ4v) is 5.02. The Balaban J connectivity index is 1.92. The van der Waals surface area contributed by atoms with Crippen molar-refractivity contribution in [1.82, 2.24) is 4.90 Å². The lowest BCUT2D eigenvalue weighted by Crippen LogP contribution is -2.52. The quantitative estimate of drug-likeness (QED) is 0.783. The molecular formula is C13H16BrNO3S. The molecule has 1 saturated heterocycles. The number of piperidine rings is 1. The molecule has 2 aliphatic rings. The van der Waals surface area contributed by atoms with Crippen LogP contribution in [0.15, 0.2) is 9.85 Å². The van der Waals surface area contributed by atoms with Crippen molar-refractivity contribution in [3.8, 4) is 0 Å². The molecule has 104 valence electrons. The molecule has 2 atom stereocenters. The molecule has 1 fully saturated rings. The van der Waals surface area contributed by atoms with Crippen molar-refractivity contribution < 1.29 is 14.6 Å². The minimum absolute atomic E-state index is 0.00382. The van der Waals surface area contributed by atoms with Gasteiger partial charge in [0.25, 0.3) is 0 Å². The summed E-state index contributed by atoms with van der Waals surface area (Å²) >= 11 is 5.32. The van der Waals surface area contributed by atoms with Gasteiger partial charge in [0, 0.05) is 30.3 Å². The second-order valence-electron chi connectivity index (χ2n) is 5.26. The Hall–Kier alpha value is -0.590. The lowest BCUT2D eigenvalue weighted by Gasteiger charge is -2.46. The zero-order valence-corrected chi connectivity index (χ0v) is 13.1. The van der Waals surface area contributed by atoms with Crippen LogP contribution < -0.4 is 0 Å². The minimum Gasteiger partial charge on any atom is -0.465 e. The lowest BCUT2D eigenvalue weighted by molar-refractivity contribution is -0.106. The highest BCUT2D eigenvalue weighted by Crippen LogP contribution is 2.47. The van der Waals surface area contributed by atoms with Crippen molar-refractivity contribution in [2.75, 3.05) is 13.2 Å². The van der Waals surface area contributed by atoms with Crippen molar-refractivity contribution in [3.05, 3.63) is 20.3 Å². The molecule has 0 aromatic carbocycles. The molecule has 0 saturated carbocycles. The van der Waals surface area contributed by atoms with Gasteiger partial charge in [-0.05, 0) is 40.9 Å². The molecule has 0 aliphatic carbocycles. The lowest BCUT2D eigenvalue weighted by atomic mass is 9.79. The maximum Gasteiger partial charge on any atom is 0.407 e. The van der Waals surface area contributed by atoms with Crippen LogP contribution in [0.25, 0.3) is 0 Å². The van der Waals surface area contributed by atoms with Gasteiger partial charge in [-0.1, -0.05) is 0 Å². The van der Waals surface area contributed by atoms with Crippen LogP contribution in [-0.4, -0.2) is 35.3 Å². The largest absolute Gasteiger partial charge is 0.465 e. The Morgan fingerprint density at radius 3 is 3.16 bits per heavy atom. The summed E-state index contributed by atoms with van der Waals surface area (Å²) in [5, 5.41) is 9.17. The molecule has 2 aliphatic heterocycles. The third kappa shape index (κ3) is 2.19. The summed E-state index contributed by atoms with van der Waals surface area (Å²) in [6.07, 6.45) is 1.63. The average molecular weight is 346 g/mol. The van der Waals surface area contributed by atoms with Crippen LogP contribution in [0.3, 0.4) is 0 Å². The molecule has 0 bridgehead atoms. The van der Waals surface area contributed by atoms with Gasteiger partial charge in [0.15, 0.2) is 0 Å². The third-order valence-electron chi connectivity index (χ3n) is 4.14. The van der Waals surface area contributed by atoms with Crippen LogP contribution >= 0.6 is 27.3 Å². The van der Waals surface area contributed by atoms with Crippen molar-refractivity contribution in [3.63, 3.8) is 0 Å². The van der Waals surface area contributed by atoms with Gasteiger partial charge in [0.2, 0.25) is 0 Å². The Bertz CT molecular complexity index is 518. The number of carboxylic acid groups (broad SMARTS) is 1. The van der Waals surface area contributed by atoms with Crippen LogP contribution in [-0.2, 0) is 16.8 Å². The number of carbonyl (C=O) groups is 1. The molecule has 3 heterocycles. The van der Waals surface area contributed by atoms with E-state index in [0.29, 0.717) is 6.54 Å². The second-order valence-corrected chi connectivity index (χ2v) is 7.78. The molecule has 6 heteroatoms. The number of ether oxygens (including phenoxy) is 1. The van der Waals surface area contributed by atoms with Crippen LogP contribution in [0, 0.1) is 0 Å². The Morgan fingerprint density at radius 1 is 1.68 bits per heavy atom. The van der Waals surface area contributed by atoms with Crippen LogP contribution in [0.1, 0.15) is 30.2 Å². The minimum atomic E-state index is -0.829. The fourth-order valence-electron chi connectivity index (χ4n) is 3.26. The molecule has 4 nitrogen and oxygen atoms in total. The van der Waals surface area contributed by atoms with Crippen molar-refractivity contribution in [1.29, 1.82) is 0 Å². The number of nitrogens with zero attached hydrogens (tertiary/aromatic N) is 1. The Kier molecular flexibility index (Phi) is 3.35. The maximum absolute atomic E-state index is 11.2. The van der Waals surface area contributed by atoms with Gasteiger partial charge < -0.3 is 14.7 Å². The predicted octanol–water partition coefficient (Wildman–Crippen LogP) is 3.44. The molecular weight excluding hydrogens is 330 g/mol. The fraction of sp³-hybridized carbons (Fsp3) is 0.615. The van der Waals surface area contributed by atoms with Gasteiger partial charge in [-0.15, -0.1) is 11.3 Å². The number of hydrogen-bond donors (Lipinski definition) is 1. The van der Waals surface area contributed by atoms with E-state index in [-0.39, 0.29) is 11.6 Å². The van der Waals surface area contributed by atoms with Gasteiger partial charge >= 0.3 is 6.09 Å². The number of thiophene rings is 1. The summed E-state index contributed by atoms with van der Waals surface area (Å²) in [6.45, 7) is 3.25. The van der Waals surface area contributed by atoms with E-state index in [4.69, 9.17) is 4.74 Å². The summed E-state index contributed by atoms with van der Waals surface area (Å²) in [5.74, 6) is 0. The summed E-state index contributed by atoms with van der Waals surface area (Å²) in [5.41, 5.74) is 0.995. The van der Waals surface area contributed by atoms with Crippen LogP contribution in [0.2, 0.25) is 0 Å². The van der Waals surface area contributed by atoms with E-state index in [0.717, 1.165) is 29.7 Å². The molecule has 0 radical (unpaired) electrons. The first-order valence-corrected chi connectivity index (χ1v) is 8.05. The van der Waals surface area contributed by atoms with E-state index in [1.54, 1.807) is 11.3 Å². The highest BCUT2D eigenvalue weighted by molar-refractivity contribution is 9.11. The van der Waals surface area contributed by atoms with Crippen LogP contribution in [0.4, 0.5) is 4.79 Å². The van der Waals surface area contributed by atoms with E-state index in [1.807, 2.05) is 6.92 Å². The molecule has 1 aromatic heterocycles. The summed E-state index contributed by atoms with van der Waals surface area (Å²) in [6, 6.07) is 2.15. The monoisotopic (exact) mass is 345 g/mol. The van der Waals surface area contributed by atoms with E-state index in [9.17, 15) is 9.90 Å². The topological polar surface area (TPSA) is 49.8 Å². The van der Waals surface area contributed by atoms with Gasteiger partial charge in [-0.2, -0.15) is 0 Å². The Morgan fingerprint density at radius 2 is 2.47 bits per heavy atom. The van der Waals surface area contributed by atoms with Crippen molar-refractivity contribution in [2.24, 2.45) is 0 Å². The van der Waals surface area contributed by atoms with Gasteiger partial charge in [-0.3, -0.25) is 0 Å². The molecule has 1 N–H and O–H groups in total. The highest BCUT2D eigenvalue weighted by Gasteiger charge is 2.45. The van der Waals surface area contributed by atoms with E-state index < -0.39 is 6.09 Å². The first-order valence-electron chi connectivity index (χ1n) is 6.44. The first-order chi connectivity index (χ1) is 9.02. The highest BCUT2D eigenvalue weighted by atomic mass is 79.9. The molecule has 1 amide bonds. The van der Waals surface area contributed by atoms with Crippen LogP contribution in [0.5, 0.6) is 0 Å². The van der Waals surface area contributed by atoms with E-state index >= 15 is 0 Å². The second kappa shape index (κ2) is 4.75. The summed E-state index contributed by atoms with van der Waals surface area (Å²) in [4.78, 5) is 14.1. The Labute approximate surface area is 124 Å². The maximum atomic E-state index is 11.2. The zero-order chi connectivity index (χ0) is 13.6. The SMILES string of the molecule is C[C@H]1C[C@@]2(CCN1C(=O)O)OCCc1sc(Br)cc12. The molecule has 1 spiro atoms. The molecule has 0 unspecified atom stereocenters. The van der Waals surface area contributed by atoms with E-state index in [1.165, 1.54) is 15.3 Å². The molecule has 3 rings (SSSR count). The third-order valence-corrected chi connectivity index (χ3v) is 5.83. The standard InChI is InChI=1S/C13H16BrNO3S/c1-8-7-13(3-4-15(8)12(16)17)9-6-11(14)19-10(9)2-5-18-13/h6,8H,2-5,7H2,1H3,(H,16,17)/t8-,13+/m0/s1. The van der Waals surface area contributed by atoms with Gasteiger partial charge in [0.1, 0.15) is 0 Å². The number of halogens is 1. The predicted molar refractivity (Wildman–Crippen MR) is 76.8 cm³/mol. The number of likely N-dealkylation sites (tertiary alicyclic amines) is 1. The van der Waals surface area contributed by atoms with Gasteiger partial charge in [0.05, 0.1) is 16.0 Å².